The molecule has 13 nitrogen and oxygen atoms in total. The number of carbonyl (C=O) groups excluding carboxylic acids is 2. The van der Waals surface area contributed by atoms with Crippen molar-refractivity contribution < 1.29 is 62.2 Å². The van der Waals surface area contributed by atoms with E-state index in [9.17, 15) is 24.9 Å². The van der Waals surface area contributed by atoms with E-state index in [0.29, 0.717) is 32.7 Å². The minimum atomic E-state index is -3.62. The number of esters is 1. The van der Waals surface area contributed by atoms with Crippen LogP contribution in [0.1, 0.15) is 107 Å². The minimum Gasteiger partial charge on any atom is -0.466 e. The zero-order chi connectivity index (χ0) is 66.7. The van der Waals surface area contributed by atoms with Crippen molar-refractivity contribution in [2.45, 2.75) is 171 Å². The molecule has 5 saturated heterocycles. The van der Waals surface area contributed by atoms with Crippen molar-refractivity contribution in [3.8, 4) is 0 Å². The van der Waals surface area contributed by atoms with Gasteiger partial charge in [-0.05, 0) is 75.4 Å². The molecule has 7 aromatic carbocycles. The maximum absolute atomic E-state index is 13.3. The number of methoxy groups -OCH3 is 1. The van der Waals surface area contributed by atoms with Crippen molar-refractivity contribution in [2.75, 3.05) is 39.9 Å². The zero-order valence-electron chi connectivity index (χ0n) is 56.0. The standard InChI is InChI=1S/C30H40O6Si.C27H36O5Si.C21H21O2P.CH4/c1-29(2,3)37(25-11-7-5-8-12-25,26-13-9-6-10-14-26)34-20-19-23-15-17-27-30(22-31,36-23)21-24(35-27)16-18-28(32)33-4;1-26(2,3)33(21-10-6-4-7-11-21,22-12-8-5-9-13-22)30-17-16-20-14-15-24-27(32-20)18-23(31-24)25(28)29-19-27;1-18(23)24(17-22,19-11-5-2-6-12-19,20-13-7-3-8-14-20)21-15-9-4-10-16-21;/h5-14,16,18,23-24,27,31H,15,17,19-22H2,1-4H3;4-13,20,23-25,28H,14-19H2,1-3H3;2-16,22H,17H2,1H3;1H4/b18-16+;;;/t23-,24+,27+,30-;20-,23-,24+,25?,27-;;/m11../s1. The fraction of sp³-hybridized carbons (Fsp3) is 0.418. The van der Waals surface area contributed by atoms with Gasteiger partial charge >= 0.3 is 148 Å². The first-order valence-electron chi connectivity index (χ1n) is 33.4. The maximum Gasteiger partial charge on any atom is 0.330 e. The Morgan fingerprint density at radius 1 is 0.558 bits per heavy atom. The van der Waals surface area contributed by atoms with Crippen molar-refractivity contribution >= 4 is 71.4 Å². The third-order valence-corrected chi connectivity index (χ3v) is 36.6. The van der Waals surface area contributed by atoms with Crippen molar-refractivity contribution in [1.29, 1.82) is 0 Å². The number of aliphatic hydroxyl groups excluding tert-OH is 3. The molecule has 5 aliphatic rings. The molecular formula is C79H101O13PSi2. The van der Waals surface area contributed by atoms with E-state index in [-0.39, 0.29) is 72.6 Å². The Hall–Kier alpha value is -6.12. The predicted octanol–water partition coefficient (Wildman–Crippen LogP) is 10.8. The molecule has 0 amide bonds. The van der Waals surface area contributed by atoms with Crippen molar-refractivity contribution in [3.63, 3.8) is 0 Å². The minimum absolute atomic E-state index is 0. The van der Waals surface area contributed by atoms with Gasteiger partial charge in [0.2, 0.25) is 0 Å². The van der Waals surface area contributed by atoms with Crippen molar-refractivity contribution in [1.82, 2.24) is 0 Å². The van der Waals surface area contributed by atoms with E-state index in [0.717, 1.165) is 54.4 Å². The average molecular weight is 1350 g/mol. The number of fused-ring (bicyclic) bond motifs is 2. The molecule has 5 heterocycles. The summed E-state index contributed by atoms with van der Waals surface area (Å²) in [5.41, 5.74) is -1.15. The second kappa shape index (κ2) is 31.2. The number of carbonyl (C=O) groups is 2. The second-order valence-electron chi connectivity index (χ2n) is 27.8. The largest absolute Gasteiger partial charge is 0.466 e. The molecule has 12 rings (SSSR count). The van der Waals surface area contributed by atoms with Crippen LogP contribution in [0.4, 0.5) is 0 Å². The molecule has 95 heavy (non-hydrogen) atoms. The first-order valence-corrected chi connectivity index (χ1v) is 39.6. The van der Waals surface area contributed by atoms with Crippen LogP contribution in [-0.2, 0) is 46.9 Å². The monoisotopic (exact) mass is 1340 g/mol. The van der Waals surface area contributed by atoms with Gasteiger partial charge in [-0.2, -0.15) is 0 Å². The third kappa shape index (κ3) is 14.4. The number of ether oxygens (including phenoxy) is 6. The van der Waals surface area contributed by atoms with E-state index in [1.807, 2.05) is 103 Å². The van der Waals surface area contributed by atoms with Gasteiger partial charge in [0.05, 0.1) is 50.8 Å². The van der Waals surface area contributed by atoms with Crippen LogP contribution < -0.4 is 36.7 Å². The Labute approximate surface area is 566 Å². The van der Waals surface area contributed by atoms with Gasteiger partial charge < -0.3 is 47.5 Å². The van der Waals surface area contributed by atoms with Crippen LogP contribution in [0, 0.1) is 0 Å². The van der Waals surface area contributed by atoms with Gasteiger partial charge in [-0.3, -0.25) is 0 Å². The summed E-state index contributed by atoms with van der Waals surface area (Å²) in [5.74, 6) is -0.421. The molecule has 16 heteroatoms. The van der Waals surface area contributed by atoms with Crippen molar-refractivity contribution in [2.24, 2.45) is 0 Å². The number of aliphatic hydroxyl groups is 3. The van der Waals surface area contributed by atoms with E-state index in [4.69, 9.17) is 32.5 Å². The summed E-state index contributed by atoms with van der Waals surface area (Å²) in [6.07, 6.45) is 7.70. The van der Waals surface area contributed by atoms with Gasteiger partial charge in [0.25, 0.3) is 16.6 Å². The fourth-order valence-electron chi connectivity index (χ4n) is 15.6. The van der Waals surface area contributed by atoms with E-state index in [2.05, 4.69) is 155 Å². The molecule has 0 aliphatic carbocycles. The molecule has 5 fully saturated rings. The maximum atomic E-state index is 13.3. The number of hydrogen-bond acceptors (Lipinski definition) is 13. The Morgan fingerprint density at radius 3 is 1.32 bits per heavy atom. The van der Waals surface area contributed by atoms with Gasteiger partial charge in [0, 0.05) is 32.1 Å². The smallest absolute Gasteiger partial charge is 0.330 e. The Balaban J connectivity index is 0.000000170. The van der Waals surface area contributed by atoms with Gasteiger partial charge in [-0.1, -0.05) is 170 Å². The van der Waals surface area contributed by atoms with Gasteiger partial charge in [0.15, 0.2) is 6.29 Å². The van der Waals surface area contributed by atoms with E-state index >= 15 is 0 Å². The van der Waals surface area contributed by atoms with Gasteiger partial charge in [0.1, 0.15) is 17.3 Å². The van der Waals surface area contributed by atoms with Crippen LogP contribution >= 0.6 is 6.60 Å². The summed E-state index contributed by atoms with van der Waals surface area (Å²) >= 11 is 0. The summed E-state index contributed by atoms with van der Waals surface area (Å²) in [6.45, 7) is 13.2. The normalized spacial score (nSPS) is 24.6. The molecule has 7 aromatic rings. The summed E-state index contributed by atoms with van der Waals surface area (Å²) in [5, 5.41) is 38.8. The first kappa shape index (κ1) is 73.1. The summed E-state index contributed by atoms with van der Waals surface area (Å²) < 4.78 is 49.7. The SMILES string of the molecule is C.CC(=O)P(CO)(c1ccccc1)(c1ccccc1)c1ccccc1.CC(C)(C)[Si](OCC[C@H]1CC[C@@H]2O[C@@H]3C[C@]2(COC3O)O1)(c1ccccc1)c1ccccc1.COC(=O)/C=C/[C@H]1C[C@]2(CO)O[C@@H](CCO[Si](c3ccccc3)(c3ccccc3)C(C)(C)C)CC[C@@H]2O1. The Kier molecular flexibility index (Phi) is 24.0. The van der Waals surface area contributed by atoms with Gasteiger partial charge in [-0.25, -0.2) is 4.79 Å². The van der Waals surface area contributed by atoms with E-state index in [1.165, 1.54) is 33.9 Å². The van der Waals surface area contributed by atoms with E-state index < -0.39 is 46.7 Å². The van der Waals surface area contributed by atoms with Crippen molar-refractivity contribution in [3.05, 3.63) is 224 Å². The van der Waals surface area contributed by atoms with Crippen LogP contribution in [0.2, 0.25) is 10.1 Å². The van der Waals surface area contributed by atoms with Crippen LogP contribution in [0.3, 0.4) is 0 Å². The molecule has 0 aromatic heterocycles. The molecule has 508 valence electrons. The fourth-order valence-corrected chi connectivity index (χ4v) is 29.9. The van der Waals surface area contributed by atoms with Crippen LogP contribution in [0.5, 0.6) is 0 Å². The number of rotatable bonds is 20. The summed E-state index contributed by atoms with van der Waals surface area (Å²) in [7, 11) is -3.79. The molecule has 1 unspecified atom stereocenters. The summed E-state index contributed by atoms with van der Waals surface area (Å²) in [6, 6.07) is 72.0. The Morgan fingerprint density at radius 2 is 0.947 bits per heavy atom. The number of hydrogen-bond donors (Lipinski definition) is 3. The number of benzene rings is 7. The second-order valence-corrected chi connectivity index (χ2v) is 41.5. The van der Waals surface area contributed by atoms with Gasteiger partial charge in [-0.15, -0.1) is 0 Å². The zero-order valence-corrected chi connectivity index (χ0v) is 58.9. The molecular weight excluding hydrogens is 1240 g/mol. The quantitative estimate of drug-likeness (QED) is 0.0286. The molecule has 2 bridgehead atoms. The topological polar surface area (TPSA) is 169 Å². The molecule has 9 atom stereocenters. The molecule has 0 radical (unpaired) electrons. The molecule has 1 spiro atoms. The average Bonchev–Trinajstić information content (AvgIpc) is 1.47. The van der Waals surface area contributed by atoms with Crippen LogP contribution in [0.25, 0.3) is 0 Å². The van der Waals surface area contributed by atoms with Crippen LogP contribution in [-0.4, -0.2) is 137 Å². The molecule has 5 aliphatic heterocycles. The third-order valence-electron chi connectivity index (χ3n) is 20.3. The molecule has 0 saturated carbocycles. The Bertz CT molecular complexity index is 3380. The summed E-state index contributed by atoms with van der Waals surface area (Å²) in [4.78, 5) is 24.8. The van der Waals surface area contributed by atoms with E-state index in [1.54, 1.807) is 13.0 Å². The first-order chi connectivity index (χ1) is 45.2. The molecule has 3 N–H and O–H groups in total. The predicted molar refractivity (Wildman–Crippen MR) is 386 cm³/mol. The van der Waals surface area contributed by atoms with Crippen LogP contribution in [0.15, 0.2) is 224 Å².